The van der Waals surface area contributed by atoms with Gasteiger partial charge >= 0.3 is 0 Å². The third-order valence-corrected chi connectivity index (χ3v) is 2.83. The number of nitrogens with two attached hydrogens (primary N) is 1. The van der Waals surface area contributed by atoms with Gasteiger partial charge in [-0.1, -0.05) is 26.7 Å². The zero-order chi connectivity index (χ0) is 10.8. The minimum atomic E-state index is 0.212. The topological polar surface area (TPSA) is 47.3 Å². The SMILES string of the molecule is CCC(CC)CNCCC(CN)OC. The van der Waals surface area contributed by atoms with Gasteiger partial charge in [-0.25, -0.2) is 0 Å². The molecule has 1 atom stereocenters. The van der Waals surface area contributed by atoms with Crippen molar-refractivity contribution in [2.45, 2.75) is 39.2 Å². The maximum atomic E-state index is 5.52. The van der Waals surface area contributed by atoms with Gasteiger partial charge in [-0.2, -0.15) is 0 Å². The molecule has 14 heavy (non-hydrogen) atoms. The summed E-state index contributed by atoms with van der Waals surface area (Å²) in [5.74, 6) is 0.814. The first-order chi connectivity index (χ1) is 6.78. The Labute approximate surface area is 88.4 Å². The second-order valence-corrected chi connectivity index (χ2v) is 3.77. The fourth-order valence-electron chi connectivity index (χ4n) is 1.48. The van der Waals surface area contributed by atoms with Crippen molar-refractivity contribution in [2.24, 2.45) is 11.7 Å². The lowest BCUT2D eigenvalue weighted by atomic mass is 10.0. The van der Waals surface area contributed by atoms with Gasteiger partial charge in [-0.3, -0.25) is 0 Å². The van der Waals surface area contributed by atoms with Crippen LogP contribution in [0.3, 0.4) is 0 Å². The molecule has 0 radical (unpaired) electrons. The molecule has 3 N–H and O–H groups in total. The van der Waals surface area contributed by atoms with Crippen molar-refractivity contribution >= 4 is 0 Å². The Bertz CT molecular complexity index is 97.9. The zero-order valence-electron chi connectivity index (χ0n) is 9.88. The lowest BCUT2D eigenvalue weighted by molar-refractivity contribution is 0.102. The molecule has 3 nitrogen and oxygen atoms in total. The van der Waals surface area contributed by atoms with E-state index in [2.05, 4.69) is 19.2 Å². The summed E-state index contributed by atoms with van der Waals surface area (Å²) in [4.78, 5) is 0. The summed E-state index contributed by atoms with van der Waals surface area (Å²) >= 11 is 0. The molecule has 0 bridgehead atoms. The van der Waals surface area contributed by atoms with Crippen LogP contribution in [0.1, 0.15) is 33.1 Å². The van der Waals surface area contributed by atoms with E-state index in [-0.39, 0.29) is 6.10 Å². The van der Waals surface area contributed by atoms with Crippen molar-refractivity contribution in [3.05, 3.63) is 0 Å². The molecule has 0 saturated carbocycles. The van der Waals surface area contributed by atoms with Crippen molar-refractivity contribution in [1.29, 1.82) is 0 Å². The van der Waals surface area contributed by atoms with Crippen LogP contribution in [0.15, 0.2) is 0 Å². The third kappa shape index (κ3) is 6.35. The van der Waals surface area contributed by atoms with E-state index in [9.17, 15) is 0 Å². The highest BCUT2D eigenvalue weighted by Crippen LogP contribution is 2.05. The first kappa shape index (κ1) is 13.9. The van der Waals surface area contributed by atoms with E-state index in [1.54, 1.807) is 7.11 Å². The molecule has 0 aliphatic heterocycles. The summed E-state index contributed by atoms with van der Waals surface area (Å²) < 4.78 is 5.19. The lowest BCUT2D eigenvalue weighted by Crippen LogP contribution is -2.30. The Balaban J connectivity index is 3.35. The summed E-state index contributed by atoms with van der Waals surface area (Å²) in [6.07, 6.45) is 3.74. The van der Waals surface area contributed by atoms with E-state index in [0.29, 0.717) is 6.54 Å². The normalized spacial score (nSPS) is 13.5. The summed E-state index contributed by atoms with van der Waals surface area (Å²) in [5, 5.41) is 3.45. The molecule has 0 aromatic rings. The minimum Gasteiger partial charge on any atom is -0.380 e. The molecule has 0 spiro atoms. The summed E-state index contributed by atoms with van der Waals surface area (Å²) in [6, 6.07) is 0. The Morgan fingerprint density at radius 2 is 1.93 bits per heavy atom. The van der Waals surface area contributed by atoms with E-state index in [4.69, 9.17) is 10.5 Å². The predicted octanol–water partition coefficient (Wildman–Crippen LogP) is 1.38. The van der Waals surface area contributed by atoms with Crippen LogP contribution in [0.2, 0.25) is 0 Å². The molecule has 3 heteroatoms. The zero-order valence-corrected chi connectivity index (χ0v) is 9.88. The molecule has 0 aliphatic rings. The maximum absolute atomic E-state index is 5.52. The first-order valence-corrected chi connectivity index (χ1v) is 5.71. The molecule has 0 rings (SSSR count). The van der Waals surface area contributed by atoms with Gasteiger partial charge in [-0.15, -0.1) is 0 Å². The van der Waals surface area contributed by atoms with Crippen LogP contribution in [-0.2, 0) is 4.74 Å². The molecular formula is C11H26N2O. The lowest BCUT2D eigenvalue weighted by Gasteiger charge is -2.16. The minimum absolute atomic E-state index is 0.212. The van der Waals surface area contributed by atoms with Gasteiger partial charge in [0.2, 0.25) is 0 Å². The Hall–Kier alpha value is -0.120. The van der Waals surface area contributed by atoms with Gasteiger partial charge in [0, 0.05) is 13.7 Å². The number of hydrogen-bond acceptors (Lipinski definition) is 3. The molecule has 0 aliphatic carbocycles. The van der Waals surface area contributed by atoms with Crippen molar-refractivity contribution in [1.82, 2.24) is 5.32 Å². The van der Waals surface area contributed by atoms with Gasteiger partial charge < -0.3 is 15.8 Å². The van der Waals surface area contributed by atoms with E-state index in [0.717, 1.165) is 25.4 Å². The summed E-state index contributed by atoms with van der Waals surface area (Å²) in [7, 11) is 1.72. The fraction of sp³-hybridized carbons (Fsp3) is 1.00. The number of methoxy groups -OCH3 is 1. The molecule has 0 saturated heterocycles. The largest absolute Gasteiger partial charge is 0.380 e. The van der Waals surface area contributed by atoms with Crippen LogP contribution in [0.4, 0.5) is 0 Å². The first-order valence-electron chi connectivity index (χ1n) is 5.71. The standard InChI is InChI=1S/C11H26N2O/c1-4-10(5-2)9-13-7-6-11(8-12)14-3/h10-11,13H,4-9,12H2,1-3H3. The molecule has 0 amide bonds. The van der Waals surface area contributed by atoms with Crippen LogP contribution in [0.25, 0.3) is 0 Å². The van der Waals surface area contributed by atoms with Crippen molar-refractivity contribution in [3.63, 3.8) is 0 Å². The van der Waals surface area contributed by atoms with Gasteiger partial charge in [0.15, 0.2) is 0 Å². The highest BCUT2D eigenvalue weighted by atomic mass is 16.5. The van der Waals surface area contributed by atoms with Crippen LogP contribution in [0.5, 0.6) is 0 Å². The molecule has 0 heterocycles. The van der Waals surface area contributed by atoms with Crippen molar-refractivity contribution in [3.8, 4) is 0 Å². The average molecular weight is 202 g/mol. The van der Waals surface area contributed by atoms with E-state index in [1.165, 1.54) is 12.8 Å². The highest BCUT2D eigenvalue weighted by Gasteiger charge is 2.05. The Morgan fingerprint density at radius 3 is 2.36 bits per heavy atom. The molecule has 0 aromatic carbocycles. The molecule has 86 valence electrons. The fourth-order valence-corrected chi connectivity index (χ4v) is 1.48. The van der Waals surface area contributed by atoms with Gasteiger partial charge in [0.25, 0.3) is 0 Å². The second kappa shape index (κ2) is 9.44. The maximum Gasteiger partial charge on any atom is 0.0705 e. The predicted molar refractivity (Wildman–Crippen MR) is 61.4 cm³/mol. The van der Waals surface area contributed by atoms with Crippen LogP contribution in [-0.4, -0.2) is 32.8 Å². The molecule has 0 aromatic heterocycles. The number of nitrogens with one attached hydrogen (secondary N) is 1. The average Bonchev–Trinajstić information content (AvgIpc) is 2.24. The van der Waals surface area contributed by atoms with Crippen LogP contribution < -0.4 is 11.1 Å². The smallest absolute Gasteiger partial charge is 0.0705 e. The van der Waals surface area contributed by atoms with Crippen molar-refractivity contribution in [2.75, 3.05) is 26.7 Å². The van der Waals surface area contributed by atoms with E-state index < -0.39 is 0 Å². The van der Waals surface area contributed by atoms with Crippen LogP contribution in [0, 0.1) is 5.92 Å². The van der Waals surface area contributed by atoms with Gasteiger partial charge in [0.1, 0.15) is 0 Å². The highest BCUT2D eigenvalue weighted by molar-refractivity contribution is 4.63. The summed E-state index contributed by atoms with van der Waals surface area (Å²) in [5.41, 5.74) is 5.52. The Morgan fingerprint density at radius 1 is 1.29 bits per heavy atom. The van der Waals surface area contributed by atoms with E-state index in [1.807, 2.05) is 0 Å². The Kier molecular flexibility index (Phi) is 9.35. The number of hydrogen-bond donors (Lipinski definition) is 2. The van der Waals surface area contributed by atoms with E-state index >= 15 is 0 Å². The second-order valence-electron chi connectivity index (χ2n) is 3.77. The van der Waals surface area contributed by atoms with Gasteiger partial charge in [0.05, 0.1) is 6.10 Å². The summed E-state index contributed by atoms with van der Waals surface area (Å²) in [6.45, 7) is 7.23. The van der Waals surface area contributed by atoms with Crippen LogP contribution >= 0.6 is 0 Å². The molecule has 0 fully saturated rings. The quantitative estimate of drug-likeness (QED) is 0.555. The van der Waals surface area contributed by atoms with Crippen molar-refractivity contribution < 1.29 is 4.74 Å². The third-order valence-electron chi connectivity index (χ3n) is 2.83. The monoisotopic (exact) mass is 202 g/mol. The number of ether oxygens (including phenoxy) is 1. The molecular weight excluding hydrogens is 176 g/mol. The number of rotatable bonds is 9. The molecule has 1 unspecified atom stereocenters. The van der Waals surface area contributed by atoms with Gasteiger partial charge in [-0.05, 0) is 25.4 Å².